The van der Waals surface area contributed by atoms with Gasteiger partial charge in [0.2, 0.25) is 5.91 Å². The van der Waals surface area contributed by atoms with E-state index in [-0.39, 0.29) is 30.5 Å². The summed E-state index contributed by atoms with van der Waals surface area (Å²) in [6.07, 6.45) is 0.471. The third-order valence-corrected chi connectivity index (χ3v) is 7.49. The fourth-order valence-electron chi connectivity index (χ4n) is 5.42. The number of carbonyl (C=O) groups is 2. The summed E-state index contributed by atoms with van der Waals surface area (Å²) >= 11 is 0. The van der Waals surface area contributed by atoms with Crippen LogP contribution in [0.25, 0.3) is 0 Å². The van der Waals surface area contributed by atoms with E-state index >= 15 is 0 Å². The Morgan fingerprint density at radius 1 is 0.927 bits per heavy atom. The van der Waals surface area contributed by atoms with Gasteiger partial charge >= 0.3 is 6.09 Å². The van der Waals surface area contributed by atoms with Crippen LogP contribution >= 0.6 is 0 Å². The van der Waals surface area contributed by atoms with E-state index in [1.54, 1.807) is 0 Å². The van der Waals surface area contributed by atoms with Gasteiger partial charge in [-0.1, -0.05) is 91.0 Å². The molecule has 0 bridgehead atoms. The molecule has 7 heteroatoms. The van der Waals surface area contributed by atoms with Crippen molar-refractivity contribution in [3.63, 3.8) is 0 Å². The molecule has 218 valence electrons. The van der Waals surface area contributed by atoms with Gasteiger partial charge in [-0.05, 0) is 69.2 Å². The number of benzene rings is 3. The van der Waals surface area contributed by atoms with Crippen LogP contribution in [-0.4, -0.2) is 58.8 Å². The largest absolute Gasteiger partial charge is 0.445 e. The Kier molecular flexibility index (Phi) is 10.6. The third-order valence-electron chi connectivity index (χ3n) is 7.49. The molecule has 2 amide bonds. The Labute approximate surface area is 243 Å². The zero-order chi connectivity index (χ0) is 29.2. The number of aliphatic hydroxyl groups is 1. The number of carbonyl (C=O) groups excluding carboxylic acids is 2. The van der Waals surface area contributed by atoms with Crippen molar-refractivity contribution in [3.05, 3.63) is 108 Å². The highest BCUT2D eigenvalue weighted by Crippen LogP contribution is 2.32. The number of hydrogen-bond acceptors (Lipinski definition) is 5. The zero-order valence-corrected chi connectivity index (χ0v) is 24.3. The second kappa shape index (κ2) is 14.3. The first-order valence-electron chi connectivity index (χ1n) is 14.5. The minimum atomic E-state index is -0.919. The first kappa shape index (κ1) is 30.3. The van der Waals surface area contributed by atoms with E-state index in [4.69, 9.17) is 4.74 Å². The van der Waals surface area contributed by atoms with Gasteiger partial charge in [0.15, 0.2) is 0 Å². The van der Waals surface area contributed by atoms with E-state index in [0.717, 1.165) is 17.5 Å². The molecule has 4 rings (SSSR count). The number of hydrogen-bond donors (Lipinski definition) is 3. The average Bonchev–Trinajstić information content (AvgIpc) is 2.96. The van der Waals surface area contributed by atoms with Gasteiger partial charge in [0.1, 0.15) is 6.61 Å². The highest BCUT2D eigenvalue weighted by atomic mass is 16.5. The molecule has 4 atom stereocenters. The summed E-state index contributed by atoms with van der Waals surface area (Å²) in [6, 6.07) is 28.6. The molecule has 0 saturated carbocycles. The molecule has 1 saturated heterocycles. The molecule has 1 heterocycles. The number of ether oxygens (including phenoxy) is 1. The number of nitrogens with zero attached hydrogens (tertiary/aromatic N) is 1. The zero-order valence-electron chi connectivity index (χ0n) is 24.3. The molecule has 1 fully saturated rings. The molecule has 3 N–H and O–H groups in total. The number of alkyl carbamates (subject to hydrolysis) is 1. The van der Waals surface area contributed by atoms with Crippen LogP contribution in [0.3, 0.4) is 0 Å². The molecule has 0 spiro atoms. The molecule has 0 unspecified atom stereocenters. The Morgan fingerprint density at radius 2 is 1.51 bits per heavy atom. The van der Waals surface area contributed by atoms with Gasteiger partial charge in [0, 0.05) is 12.1 Å². The van der Waals surface area contributed by atoms with Crippen molar-refractivity contribution in [1.82, 2.24) is 15.5 Å². The van der Waals surface area contributed by atoms with Gasteiger partial charge in [0.05, 0.1) is 18.2 Å². The molecule has 1 aliphatic rings. The van der Waals surface area contributed by atoms with Gasteiger partial charge < -0.3 is 20.5 Å². The lowest BCUT2D eigenvalue weighted by molar-refractivity contribution is -0.130. The van der Waals surface area contributed by atoms with Gasteiger partial charge in [-0.3, -0.25) is 9.69 Å². The summed E-state index contributed by atoms with van der Waals surface area (Å²) in [5.74, 6) is 0.215. The van der Waals surface area contributed by atoms with Gasteiger partial charge in [-0.25, -0.2) is 4.79 Å². The SMILES string of the molecule is CC(C)(C)NC(=O)[C@@H]1C[C@H](c2ccccc2)CCN1C[C@@H](O)[C@H](Cc1ccccc1)NC(=O)OCc1ccccc1. The molecule has 0 radical (unpaired) electrons. The normalized spacial score (nSPS) is 19.1. The Balaban J connectivity index is 1.48. The standard InChI is InChI=1S/C34H43N3O4/c1-34(2,3)36-32(39)30-22-28(27-17-11-6-12-18-27)19-20-37(30)23-31(38)29(21-25-13-7-4-8-14-25)35-33(40)41-24-26-15-9-5-10-16-26/h4-18,28-31,38H,19-24H2,1-3H3,(H,35,40)(H,36,39)/t28-,29+,30+,31-/m1/s1. The lowest BCUT2D eigenvalue weighted by atomic mass is 9.84. The van der Waals surface area contributed by atoms with E-state index in [2.05, 4.69) is 27.7 Å². The van der Waals surface area contributed by atoms with E-state index in [1.165, 1.54) is 5.56 Å². The molecule has 0 aromatic heterocycles. The van der Waals surface area contributed by atoms with Crippen molar-refractivity contribution >= 4 is 12.0 Å². The van der Waals surface area contributed by atoms with Crippen LogP contribution in [0.4, 0.5) is 4.79 Å². The van der Waals surface area contributed by atoms with Crippen LogP contribution in [0.1, 0.15) is 56.2 Å². The van der Waals surface area contributed by atoms with Crippen molar-refractivity contribution in [2.75, 3.05) is 13.1 Å². The first-order chi connectivity index (χ1) is 19.7. The fraction of sp³-hybridized carbons (Fsp3) is 0.412. The lowest BCUT2D eigenvalue weighted by Gasteiger charge is -2.41. The number of nitrogens with one attached hydrogen (secondary N) is 2. The van der Waals surface area contributed by atoms with Crippen molar-refractivity contribution in [2.45, 2.75) is 76.3 Å². The second-order valence-corrected chi connectivity index (χ2v) is 12.0. The van der Waals surface area contributed by atoms with Crippen LogP contribution in [-0.2, 0) is 22.6 Å². The van der Waals surface area contributed by atoms with Gasteiger partial charge in [-0.15, -0.1) is 0 Å². The van der Waals surface area contributed by atoms with Crippen LogP contribution in [0.15, 0.2) is 91.0 Å². The van der Waals surface area contributed by atoms with Crippen LogP contribution in [0.2, 0.25) is 0 Å². The van der Waals surface area contributed by atoms with Crippen LogP contribution in [0, 0.1) is 0 Å². The number of rotatable bonds is 10. The maximum absolute atomic E-state index is 13.5. The monoisotopic (exact) mass is 557 g/mol. The molecule has 3 aromatic rings. The summed E-state index contributed by atoms with van der Waals surface area (Å²) in [4.78, 5) is 28.4. The van der Waals surface area contributed by atoms with Gasteiger partial charge in [0.25, 0.3) is 0 Å². The first-order valence-corrected chi connectivity index (χ1v) is 14.5. The highest BCUT2D eigenvalue weighted by molar-refractivity contribution is 5.82. The number of likely N-dealkylation sites (tertiary alicyclic amines) is 1. The van der Waals surface area contributed by atoms with E-state index in [9.17, 15) is 14.7 Å². The molecule has 7 nitrogen and oxygen atoms in total. The molecule has 41 heavy (non-hydrogen) atoms. The summed E-state index contributed by atoms with van der Waals surface area (Å²) in [6.45, 7) is 6.98. The Morgan fingerprint density at radius 3 is 2.12 bits per heavy atom. The highest BCUT2D eigenvalue weighted by Gasteiger charge is 2.37. The predicted molar refractivity (Wildman–Crippen MR) is 161 cm³/mol. The minimum absolute atomic E-state index is 0.0415. The molecule has 3 aromatic carbocycles. The van der Waals surface area contributed by atoms with Crippen LogP contribution < -0.4 is 10.6 Å². The molecular formula is C34H43N3O4. The number of aliphatic hydroxyl groups excluding tert-OH is 1. The van der Waals surface area contributed by atoms with Crippen molar-refractivity contribution in [2.24, 2.45) is 0 Å². The summed E-state index contributed by atoms with van der Waals surface area (Å²) in [7, 11) is 0. The molecular weight excluding hydrogens is 514 g/mol. The fourth-order valence-corrected chi connectivity index (χ4v) is 5.42. The van der Waals surface area contributed by atoms with Crippen LogP contribution in [0.5, 0.6) is 0 Å². The quantitative estimate of drug-likeness (QED) is 0.325. The summed E-state index contributed by atoms with van der Waals surface area (Å²) in [5, 5.41) is 17.6. The second-order valence-electron chi connectivity index (χ2n) is 12.0. The van der Waals surface area contributed by atoms with Crippen molar-refractivity contribution in [3.8, 4) is 0 Å². The number of amides is 2. The molecule has 1 aliphatic heterocycles. The Bertz CT molecular complexity index is 1230. The van der Waals surface area contributed by atoms with Crippen molar-refractivity contribution < 1.29 is 19.4 Å². The smallest absolute Gasteiger partial charge is 0.407 e. The van der Waals surface area contributed by atoms with Gasteiger partial charge in [-0.2, -0.15) is 0 Å². The predicted octanol–water partition coefficient (Wildman–Crippen LogP) is 5.05. The lowest BCUT2D eigenvalue weighted by Crippen LogP contribution is -2.58. The number of β-amino-alcohol motifs (C(OH)–C–C–N with tert-alkyl or cyclic N) is 1. The van der Waals surface area contributed by atoms with E-state index in [1.807, 2.05) is 99.6 Å². The summed E-state index contributed by atoms with van der Waals surface area (Å²) in [5.41, 5.74) is 2.73. The van der Waals surface area contributed by atoms with E-state index < -0.39 is 24.3 Å². The minimum Gasteiger partial charge on any atom is -0.445 e. The Hall–Kier alpha value is -3.68. The van der Waals surface area contributed by atoms with E-state index in [0.29, 0.717) is 19.4 Å². The number of piperidine rings is 1. The maximum atomic E-state index is 13.5. The van der Waals surface area contributed by atoms with Crippen molar-refractivity contribution in [1.29, 1.82) is 0 Å². The maximum Gasteiger partial charge on any atom is 0.407 e. The third kappa shape index (κ3) is 9.44. The topological polar surface area (TPSA) is 90.9 Å². The summed E-state index contributed by atoms with van der Waals surface area (Å²) < 4.78 is 5.47. The average molecular weight is 558 g/mol. The molecule has 0 aliphatic carbocycles.